The van der Waals surface area contributed by atoms with Crippen LogP contribution in [0.4, 0.5) is 0 Å². The molecule has 2 aromatic heterocycles. The average molecular weight is 719 g/mol. The van der Waals surface area contributed by atoms with Crippen molar-refractivity contribution < 1.29 is 23.7 Å². The second kappa shape index (κ2) is 11.9. The zero-order chi connectivity index (χ0) is 36.7. The van der Waals surface area contributed by atoms with Crippen LogP contribution in [0, 0.1) is 29.6 Å². The topological polar surface area (TPSA) is 70.3 Å². The minimum atomic E-state index is -0.707. The molecule has 4 aromatic rings. The lowest BCUT2D eigenvalue weighted by Crippen LogP contribution is -2.62. The molecule has 0 aliphatic carbocycles. The van der Waals surface area contributed by atoms with Crippen molar-refractivity contribution in [2.45, 2.75) is 75.9 Å². The molecule has 280 valence electrons. The highest BCUT2D eigenvalue weighted by molar-refractivity contribution is 5.94. The van der Waals surface area contributed by atoms with E-state index in [1.165, 1.54) is 49.9 Å². The van der Waals surface area contributed by atoms with Gasteiger partial charge in [-0.1, -0.05) is 18.2 Å². The molecule has 0 saturated carbocycles. The summed E-state index contributed by atoms with van der Waals surface area (Å²) in [5.41, 5.74) is 10.5. The zero-order valence-electron chi connectivity index (χ0n) is 32.5. The molecule has 0 amide bonds. The van der Waals surface area contributed by atoms with Crippen LogP contribution in [0.1, 0.15) is 66.9 Å². The SMILES string of the molecule is COc1cc2c(cc1C[C@H]1[C@@H]3CC4c5c(c6ccccc6n5C)C[C@@H]([C@@H]3CO[C@]1(C)OC)N4C)c1c(n2C)C2C[C@H]3C(C(C)=O)=COC[C@H]3[C@H](C1)N2C. The van der Waals surface area contributed by atoms with Gasteiger partial charge >= 0.3 is 0 Å². The number of nitrogens with zero attached hydrogens (tertiary/aromatic N) is 4. The number of carbonyl (C=O) groups is 1. The fourth-order valence-electron chi connectivity index (χ4n) is 12.6. The number of rotatable bonds is 5. The Kier molecular flexibility index (Phi) is 7.63. The lowest BCUT2D eigenvalue weighted by molar-refractivity contribution is -0.301. The Labute approximate surface area is 312 Å². The van der Waals surface area contributed by atoms with Crippen LogP contribution in [0.3, 0.4) is 0 Å². The van der Waals surface area contributed by atoms with Gasteiger partial charge in [0, 0.05) is 90.4 Å². The fourth-order valence-corrected chi connectivity index (χ4v) is 12.6. The molecule has 53 heavy (non-hydrogen) atoms. The number of hydrogen-bond acceptors (Lipinski definition) is 7. The predicted molar refractivity (Wildman–Crippen MR) is 205 cm³/mol. The second-order valence-electron chi connectivity index (χ2n) is 17.3. The number of carbonyl (C=O) groups excluding carboxylic acids is 1. The number of para-hydroxylation sites is 1. The molecule has 3 fully saturated rings. The van der Waals surface area contributed by atoms with Gasteiger partial charge in [0.1, 0.15) is 5.75 Å². The van der Waals surface area contributed by atoms with Crippen LogP contribution in [0.5, 0.6) is 5.75 Å². The van der Waals surface area contributed by atoms with Gasteiger partial charge in [-0.25, -0.2) is 0 Å². The van der Waals surface area contributed by atoms with Gasteiger partial charge in [-0.2, -0.15) is 0 Å². The van der Waals surface area contributed by atoms with E-state index in [2.05, 4.69) is 90.4 Å². The molecule has 2 aromatic carbocycles. The lowest BCUT2D eigenvalue weighted by Gasteiger charge is -2.58. The third-order valence-corrected chi connectivity index (χ3v) is 15.4. The molecule has 0 N–H and O–H groups in total. The number of ketones is 1. The summed E-state index contributed by atoms with van der Waals surface area (Å²) in [7, 11) is 12.7. The first kappa shape index (κ1) is 33.9. The van der Waals surface area contributed by atoms with Crippen molar-refractivity contribution in [1.29, 1.82) is 0 Å². The number of piperidine rings is 2. The van der Waals surface area contributed by atoms with Crippen molar-refractivity contribution in [2.75, 3.05) is 41.5 Å². The molecule has 6 aliphatic heterocycles. The Morgan fingerprint density at radius 1 is 0.849 bits per heavy atom. The third-order valence-electron chi connectivity index (χ3n) is 15.4. The number of aryl methyl sites for hydroxylation is 2. The van der Waals surface area contributed by atoms with Crippen LogP contribution >= 0.6 is 0 Å². The van der Waals surface area contributed by atoms with E-state index >= 15 is 0 Å². The van der Waals surface area contributed by atoms with Crippen LogP contribution in [0.15, 0.2) is 48.2 Å². The van der Waals surface area contributed by atoms with Crippen LogP contribution in [0.2, 0.25) is 0 Å². The number of aromatic nitrogens is 2. The van der Waals surface area contributed by atoms with Gasteiger partial charge in [0.15, 0.2) is 11.6 Å². The molecule has 2 unspecified atom stereocenters. The van der Waals surface area contributed by atoms with Gasteiger partial charge in [-0.05, 0) is 101 Å². The van der Waals surface area contributed by atoms with E-state index in [0.717, 1.165) is 43.4 Å². The first-order valence-corrected chi connectivity index (χ1v) is 19.7. The van der Waals surface area contributed by atoms with E-state index < -0.39 is 5.79 Å². The van der Waals surface area contributed by atoms with Crippen LogP contribution in [-0.2, 0) is 52.4 Å². The van der Waals surface area contributed by atoms with Crippen molar-refractivity contribution in [1.82, 2.24) is 18.9 Å². The second-order valence-corrected chi connectivity index (χ2v) is 17.3. The average Bonchev–Trinajstić information content (AvgIpc) is 3.58. The molecule has 3 saturated heterocycles. The maximum atomic E-state index is 12.7. The summed E-state index contributed by atoms with van der Waals surface area (Å²) in [5.74, 6) is 1.87. The highest BCUT2D eigenvalue weighted by Crippen LogP contribution is 2.56. The quantitative estimate of drug-likeness (QED) is 0.234. The number of likely N-dealkylation sites (N-methyl/N-ethyl adjacent to an activating group) is 2. The largest absolute Gasteiger partial charge is 0.500 e. The first-order valence-electron chi connectivity index (χ1n) is 19.7. The van der Waals surface area contributed by atoms with Gasteiger partial charge in [-0.3, -0.25) is 14.6 Å². The maximum absolute atomic E-state index is 12.7. The van der Waals surface area contributed by atoms with Gasteiger partial charge < -0.3 is 28.1 Å². The Hall–Kier alpha value is -3.63. The molecule has 4 bridgehead atoms. The standard InChI is InChI=1S/C44H54N4O5/c1-23(49)31-20-52-21-32-26(31)15-39-43-30(18-36(32)45(39)3)28-13-24(41(50-7)19-38(28)48(43)6)14-34-27-16-40-42-29(25-11-9-10-12-35(25)47(42)5)17-37(46(40)4)33(27)22-53-44(34,2)51-8/h9-13,19-20,26-27,32-34,36-37,39-40H,14-18,21-22H2,1-8H3/t26-,27+,32+,33+,34-,36-,37-,39?,40?,44-/m0/s1. The highest BCUT2D eigenvalue weighted by Gasteiger charge is 2.57. The molecule has 0 radical (unpaired) electrons. The highest BCUT2D eigenvalue weighted by atomic mass is 16.7. The van der Waals surface area contributed by atoms with Crippen LogP contribution in [-0.4, -0.2) is 84.1 Å². The van der Waals surface area contributed by atoms with Gasteiger partial charge in [0.2, 0.25) is 0 Å². The summed E-state index contributed by atoms with van der Waals surface area (Å²) >= 11 is 0. The minimum Gasteiger partial charge on any atom is -0.500 e. The van der Waals surface area contributed by atoms with Gasteiger partial charge in [-0.15, -0.1) is 0 Å². The Balaban J connectivity index is 1.05. The van der Waals surface area contributed by atoms with Gasteiger partial charge in [0.25, 0.3) is 0 Å². The molecule has 10 atom stereocenters. The normalized spacial score (nSPS) is 34.9. The summed E-state index contributed by atoms with van der Waals surface area (Å²) in [6, 6.07) is 15.0. The predicted octanol–water partition coefficient (Wildman–Crippen LogP) is 6.50. The molecular formula is C44H54N4O5. The Bertz CT molecular complexity index is 2200. The summed E-state index contributed by atoms with van der Waals surface area (Å²) in [6.07, 6.45) is 6.55. The van der Waals surface area contributed by atoms with Crippen molar-refractivity contribution in [3.05, 3.63) is 76.3 Å². The smallest absolute Gasteiger partial charge is 0.168 e. The monoisotopic (exact) mass is 718 g/mol. The molecule has 0 spiro atoms. The summed E-state index contributed by atoms with van der Waals surface area (Å²) in [5, 5.41) is 2.73. The number of allylic oxidation sites excluding steroid dienone is 1. The molecule has 10 rings (SSSR count). The first-order chi connectivity index (χ1) is 25.5. The summed E-state index contributed by atoms with van der Waals surface area (Å²) in [6.45, 7) is 5.23. The molecule has 8 heterocycles. The molecule has 9 nitrogen and oxygen atoms in total. The van der Waals surface area contributed by atoms with E-state index in [1.54, 1.807) is 13.2 Å². The van der Waals surface area contributed by atoms with Gasteiger partial charge in [0.05, 0.1) is 44.2 Å². The fraction of sp³-hybridized carbons (Fsp3) is 0.568. The number of benzene rings is 2. The van der Waals surface area contributed by atoms with E-state index in [4.69, 9.17) is 18.9 Å². The van der Waals surface area contributed by atoms with Crippen molar-refractivity contribution in [2.24, 2.45) is 43.7 Å². The van der Waals surface area contributed by atoms with E-state index in [0.29, 0.717) is 49.1 Å². The minimum absolute atomic E-state index is 0.136. The number of methoxy groups -OCH3 is 2. The van der Waals surface area contributed by atoms with E-state index in [-0.39, 0.29) is 23.7 Å². The Morgan fingerprint density at radius 2 is 1.53 bits per heavy atom. The van der Waals surface area contributed by atoms with E-state index in [9.17, 15) is 4.79 Å². The van der Waals surface area contributed by atoms with E-state index in [1.807, 2.05) is 14.2 Å². The van der Waals surface area contributed by atoms with Crippen molar-refractivity contribution in [3.8, 4) is 5.75 Å². The molecule has 9 heteroatoms. The van der Waals surface area contributed by atoms with Crippen molar-refractivity contribution >= 4 is 27.6 Å². The number of ether oxygens (including phenoxy) is 4. The summed E-state index contributed by atoms with van der Waals surface area (Å²) in [4.78, 5) is 17.9. The number of Topliss-reactive ketones (excluding diaryl/α,β-unsaturated/α-hetero) is 1. The zero-order valence-corrected chi connectivity index (χ0v) is 32.5. The summed E-state index contributed by atoms with van der Waals surface area (Å²) < 4.78 is 30.3. The third kappa shape index (κ3) is 4.60. The molecule has 6 aliphatic rings. The van der Waals surface area contributed by atoms with Crippen molar-refractivity contribution in [3.63, 3.8) is 0 Å². The lowest BCUT2D eigenvalue weighted by atomic mass is 9.62. The maximum Gasteiger partial charge on any atom is 0.168 e. The van der Waals surface area contributed by atoms with Crippen LogP contribution < -0.4 is 4.74 Å². The molecular weight excluding hydrogens is 665 g/mol. The van der Waals surface area contributed by atoms with Crippen LogP contribution in [0.25, 0.3) is 21.8 Å². The number of fused-ring (bicyclic) bond motifs is 16. The number of hydrogen-bond donors (Lipinski definition) is 0. The Morgan fingerprint density at radius 3 is 2.25 bits per heavy atom.